The van der Waals surface area contributed by atoms with Gasteiger partial charge in [-0.1, -0.05) is 41.3 Å². The third-order valence-electron chi connectivity index (χ3n) is 3.98. The van der Waals surface area contributed by atoms with E-state index in [0.717, 1.165) is 22.4 Å². The molecule has 0 aliphatic rings. The summed E-state index contributed by atoms with van der Waals surface area (Å²) in [5, 5.41) is 22.3. The van der Waals surface area contributed by atoms with E-state index in [2.05, 4.69) is 16.8 Å². The van der Waals surface area contributed by atoms with Gasteiger partial charge in [-0.25, -0.2) is 0 Å². The van der Waals surface area contributed by atoms with Crippen LogP contribution in [0.1, 0.15) is 5.56 Å². The first kappa shape index (κ1) is 17.4. The van der Waals surface area contributed by atoms with Crippen molar-refractivity contribution in [3.63, 3.8) is 0 Å². The van der Waals surface area contributed by atoms with Crippen LogP contribution in [0.15, 0.2) is 58.3 Å². The molecule has 0 saturated heterocycles. The Morgan fingerprint density at radius 1 is 1.33 bits per heavy atom. The number of hydrogen-bond acceptors (Lipinski definition) is 7. The molecule has 0 saturated carbocycles. The van der Waals surface area contributed by atoms with Crippen molar-refractivity contribution < 1.29 is 4.92 Å². The lowest BCUT2D eigenvalue weighted by Gasteiger charge is -2.09. The molecular weight excluding hydrogens is 386 g/mol. The maximum atomic E-state index is 12.8. The summed E-state index contributed by atoms with van der Waals surface area (Å²) in [6, 6.07) is 8.86. The predicted molar refractivity (Wildman–Crippen MR) is 105 cm³/mol. The second-order valence-electron chi connectivity index (χ2n) is 5.68. The van der Waals surface area contributed by atoms with E-state index in [4.69, 9.17) is 0 Å². The molecule has 10 heteroatoms. The van der Waals surface area contributed by atoms with Crippen LogP contribution in [0.5, 0.6) is 0 Å². The van der Waals surface area contributed by atoms with E-state index in [1.807, 2.05) is 22.6 Å². The van der Waals surface area contributed by atoms with Crippen molar-refractivity contribution in [2.75, 3.05) is 0 Å². The molecule has 0 radical (unpaired) electrons. The fourth-order valence-corrected chi connectivity index (χ4v) is 4.51. The zero-order valence-corrected chi connectivity index (χ0v) is 15.6. The summed E-state index contributed by atoms with van der Waals surface area (Å²) in [5.41, 5.74) is 1.43. The fourth-order valence-electron chi connectivity index (χ4n) is 2.80. The Kier molecular flexibility index (Phi) is 4.50. The zero-order valence-electron chi connectivity index (χ0n) is 13.9. The quantitative estimate of drug-likeness (QED) is 0.213. The minimum Gasteiger partial charge on any atom is -0.272 e. The Balaban J connectivity index is 1.80. The second-order valence-corrected chi connectivity index (χ2v) is 7.51. The van der Waals surface area contributed by atoms with Gasteiger partial charge < -0.3 is 0 Å². The van der Waals surface area contributed by atoms with Crippen molar-refractivity contribution in [2.24, 2.45) is 0 Å². The number of nitrogens with zero attached hydrogens (tertiary/aromatic N) is 5. The van der Waals surface area contributed by atoms with Gasteiger partial charge in [-0.3, -0.25) is 23.9 Å². The minimum absolute atomic E-state index is 0.113. The number of benzene rings is 1. The van der Waals surface area contributed by atoms with Gasteiger partial charge in [0, 0.05) is 23.7 Å². The Morgan fingerprint density at radius 3 is 2.89 bits per heavy atom. The van der Waals surface area contributed by atoms with Crippen molar-refractivity contribution in [1.82, 2.24) is 19.2 Å². The highest BCUT2D eigenvalue weighted by atomic mass is 32.2. The van der Waals surface area contributed by atoms with Crippen LogP contribution in [-0.2, 0) is 12.3 Å². The van der Waals surface area contributed by atoms with Crippen molar-refractivity contribution in [2.45, 2.75) is 17.5 Å². The summed E-state index contributed by atoms with van der Waals surface area (Å²) >= 11 is 2.51. The Labute approximate surface area is 160 Å². The molecule has 27 heavy (non-hydrogen) atoms. The average Bonchev–Trinajstić information content (AvgIpc) is 3.30. The zero-order chi connectivity index (χ0) is 19.0. The first-order valence-electron chi connectivity index (χ1n) is 7.92. The molecule has 4 aromatic rings. The molecule has 3 heterocycles. The van der Waals surface area contributed by atoms with Crippen molar-refractivity contribution in [3.05, 3.63) is 74.4 Å². The summed E-state index contributed by atoms with van der Waals surface area (Å²) in [6.07, 6.45) is 1.64. The van der Waals surface area contributed by atoms with Crippen molar-refractivity contribution in [1.29, 1.82) is 0 Å². The number of aromatic nitrogens is 4. The molecule has 136 valence electrons. The van der Waals surface area contributed by atoms with Gasteiger partial charge in [-0.2, -0.15) is 0 Å². The molecule has 0 N–H and O–H groups in total. The Hall–Kier alpha value is -2.98. The summed E-state index contributed by atoms with van der Waals surface area (Å²) < 4.78 is 3.37. The van der Waals surface area contributed by atoms with E-state index in [-0.39, 0.29) is 10.6 Å². The molecule has 1 aromatic carbocycles. The second kappa shape index (κ2) is 6.97. The lowest BCUT2D eigenvalue weighted by atomic mass is 10.2. The first-order valence-corrected chi connectivity index (χ1v) is 9.79. The molecule has 3 aromatic heterocycles. The van der Waals surface area contributed by atoms with E-state index >= 15 is 0 Å². The molecule has 0 unspecified atom stereocenters. The van der Waals surface area contributed by atoms with E-state index < -0.39 is 4.92 Å². The van der Waals surface area contributed by atoms with E-state index in [9.17, 15) is 14.9 Å². The number of allylic oxidation sites excluding steroid dienone is 1. The number of fused-ring (bicyclic) bond motifs is 3. The van der Waals surface area contributed by atoms with Crippen molar-refractivity contribution >= 4 is 44.8 Å². The van der Waals surface area contributed by atoms with E-state index in [1.54, 1.807) is 23.6 Å². The number of nitro groups is 1. The van der Waals surface area contributed by atoms with Crippen molar-refractivity contribution in [3.8, 4) is 0 Å². The van der Waals surface area contributed by atoms with Gasteiger partial charge in [-0.15, -0.1) is 16.8 Å². The fraction of sp³-hybridized carbons (Fsp3) is 0.118. The maximum absolute atomic E-state index is 12.8. The minimum atomic E-state index is -0.396. The highest BCUT2D eigenvalue weighted by molar-refractivity contribution is 7.98. The SMILES string of the molecule is C=CCn1c(=O)c2ccccc2n2c(SCc3csc([N+](=O)[O-])c3)nnc12. The molecule has 0 aliphatic heterocycles. The van der Waals surface area contributed by atoms with Gasteiger partial charge >= 0.3 is 5.00 Å². The molecule has 0 atom stereocenters. The standard InChI is InChI=1S/C17H13N5O3S2/c1-2-7-20-15(23)12-5-3-4-6-13(12)21-16(20)18-19-17(21)27-10-11-8-14(22(24)25)26-9-11/h2-6,8-9H,1,7,10H2. The monoisotopic (exact) mass is 399 g/mol. The van der Waals surface area contributed by atoms with Crippen LogP contribution in [0, 0.1) is 10.1 Å². The Morgan fingerprint density at radius 2 is 2.15 bits per heavy atom. The smallest absolute Gasteiger partial charge is 0.272 e. The largest absolute Gasteiger partial charge is 0.324 e. The van der Waals surface area contributed by atoms with Crippen LogP contribution < -0.4 is 5.56 Å². The van der Waals surface area contributed by atoms with Gasteiger partial charge in [0.15, 0.2) is 5.16 Å². The third-order valence-corrected chi connectivity index (χ3v) is 5.91. The number of rotatable bonds is 6. The number of hydrogen-bond donors (Lipinski definition) is 0. The molecule has 0 aliphatic carbocycles. The Bertz CT molecular complexity index is 1240. The molecule has 0 amide bonds. The number of thioether (sulfide) groups is 1. The third kappa shape index (κ3) is 3.02. The van der Waals surface area contributed by atoms with Crippen LogP contribution in [0.3, 0.4) is 0 Å². The molecule has 0 fully saturated rings. The first-order chi connectivity index (χ1) is 13.1. The highest BCUT2D eigenvalue weighted by Crippen LogP contribution is 2.29. The van der Waals surface area contributed by atoms with Crippen LogP contribution >= 0.6 is 23.1 Å². The summed E-state index contributed by atoms with van der Waals surface area (Å²) in [6.45, 7) is 4.03. The molecule has 4 rings (SSSR count). The molecule has 0 spiro atoms. The topological polar surface area (TPSA) is 95.3 Å². The number of thiophene rings is 1. The van der Waals surface area contributed by atoms with Crippen LogP contribution in [0.4, 0.5) is 5.00 Å². The molecule has 8 nitrogen and oxygen atoms in total. The van der Waals surface area contributed by atoms with Gasteiger partial charge in [0.1, 0.15) is 0 Å². The average molecular weight is 399 g/mol. The molecular formula is C17H13N5O3S2. The van der Waals surface area contributed by atoms with Gasteiger partial charge in [0.2, 0.25) is 5.78 Å². The van der Waals surface area contributed by atoms with Crippen LogP contribution in [0.2, 0.25) is 0 Å². The summed E-state index contributed by atoms with van der Waals surface area (Å²) in [5.74, 6) is 0.956. The lowest BCUT2D eigenvalue weighted by molar-refractivity contribution is -0.380. The van der Waals surface area contributed by atoms with Gasteiger partial charge in [0.25, 0.3) is 5.56 Å². The van der Waals surface area contributed by atoms with E-state index in [0.29, 0.717) is 28.6 Å². The van der Waals surface area contributed by atoms with Gasteiger partial charge in [0.05, 0.1) is 15.8 Å². The van der Waals surface area contributed by atoms with Crippen LogP contribution in [0.25, 0.3) is 16.7 Å². The molecule has 0 bridgehead atoms. The maximum Gasteiger partial charge on any atom is 0.324 e. The normalized spacial score (nSPS) is 11.3. The summed E-state index contributed by atoms with van der Waals surface area (Å²) in [7, 11) is 0. The predicted octanol–water partition coefficient (Wildman–Crippen LogP) is 3.49. The lowest BCUT2D eigenvalue weighted by Crippen LogP contribution is -2.22. The van der Waals surface area contributed by atoms with E-state index in [1.165, 1.54) is 16.3 Å². The highest BCUT2D eigenvalue weighted by Gasteiger charge is 2.17. The summed E-state index contributed by atoms with van der Waals surface area (Å²) in [4.78, 5) is 23.2. The van der Waals surface area contributed by atoms with Crippen LogP contribution in [-0.4, -0.2) is 24.1 Å². The number of para-hydroxylation sites is 1. The van der Waals surface area contributed by atoms with Gasteiger partial charge in [-0.05, 0) is 17.7 Å².